The van der Waals surface area contributed by atoms with Gasteiger partial charge in [0, 0.05) is 17.4 Å². The van der Waals surface area contributed by atoms with Crippen molar-refractivity contribution in [1.29, 1.82) is 0 Å². The van der Waals surface area contributed by atoms with Gasteiger partial charge in [-0.2, -0.15) is 0 Å². The third kappa shape index (κ3) is 4.38. The molecule has 0 saturated carbocycles. The largest absolute Gasteiger partial charge is 0.444 e. The minimum atomic E-state index is -0.912. The standard InChI is InChI=1S/C22H19N3O4S/c26-19-12-11-18(25(19)22(28)29-13-15-7-3-1-4-8-15)20(27)24-21-23-17(14-30-21)16-9-5-2-6-10-16/h1-10,14,18H,11-13H2,(H,23,24,27)/t18-/m1/s1. The van der Waals surface area contributed by atoms with Gasteiger partial charge in [0.15, 0.2) is 5.13 Å². The normalized spacial score (nSPS) is 15.8. The summed E-state index contributed by atoms with van der Waals surface area (Å²) in [7, 11) is 0. The highest BCUT2D eigenvalue weighted by molar-refractivity contribution is 7.14. The monoisotopic (exact) mass is 421 g/mol. The van der Waals surface area contributed by atoms with Gasteiger partial charge in [-0.05, 0) is 12.0 Å². The Hall–Kier alpha value is -3.52. The van der Waals surface area contributed by atoms with Gasteiger partial charge in [0.2, 0.25) is 11.8 Å². The van der Waals surface area contributed by atoms with Crippen LogP contribution < -0.4 is 5.32 Å². The first kappa shape index (κ1) is 19.8. The van der Waals surface area contributed by atoms with E-state index >= 15 is 0 Å². The van der Waals surface area contributed by atoms with Crippen molar-refractivity contribution in [1.82, 2.24) is 9.88 Å². The molecule has 1 aliphatic heterocycles. The second kappa shape index (κ2) is 8.87. The van der Waals surface area contributed by atoms with Crippen molar-refractivity contribution in [2.45, 2.75) is 25.5 Å². The highest BCUT2D eigenvalue weighted by Gasteiger charge is 2.41. The molecule has 0 radical (unpaired) electrons. The van der Waals surface area contributed by atoms with Gasteiger partial charge in [0.05, 0.1) is 5.69 Å². The molecule has 1 fully saturated rings. The SMILES string of the molecule is O=C(Nc1nc(-c2ccccc2)cs1)[C@H]1CCC(=O)N1C(=O)OCc1ccccc1. The number of likely N-dealkylation sites (tertiary alicyclic amines) is 1. The zero-order valence-corrected chi connectivity index (χ0v) is 16.8. The lowest BCUT2D eigenvalue weighted by molar-refractivity contribution is -0.131. The summed E-state index contributed by atoms with van der Waals surface area (Å²) < 4.78 is 5.25. The van der Waals surface area contributed by atoms with E-state index in [9.17, 15) is 14.4 Å². The minimum Gasteiger partial charge on any atom is -0.444 e. The summed E-state index contributed by atoms with van der Waals surface area (Å²) in [5.74, 6) is -0.871. The Bertz CT molecular complexity index is 1050. The van der Waals surface area contributed by atoms with Gasteiger partial charge in [0.1, 0.15) is 12.6 Å². The number of ether oxygens (including phenoxy) is 1. The Kier molecular flexibility index (Phi) is 5.85. The Balaban J connectivity index is 1.41. The average molecular weight is 421 g/mol. The van der Waals surface area contributed by atoms with Crippen LogP contribution in [-0.4, -0.2) is 33.8 Å². The van der Waals surface area contributed by atoms with E-state index < -0.39 is 23.9 Å². The summed E-state index contributed by atoms with van der Waals surface area (Å²) in [6, 6.07) is 17.8. The summed E-state index contributed by atoms with van der Waals surface area (Å²) in [5, 5.41) is 4.98. The molecule has 3 amide bonds. The Labute approximate surface area is 177 Å². The first-order valence-corrected chi connectivity index (χ1v) is 10.3. The molecule has 0 unspecified atom stereocenters. The fourth-order valence-electron chi connectivity index (χ4n) is 3.21. The Morgan fingerprint density at radius 3 is 2.53 bits per heavy atom. The Morgan fingerprint density at radius 2 is 1.80 bits per heavy atom. The van der Waals surface area contributed by atoms with Crippen LogP contribution >= 0.6 is 11.3 Å². The van der Waals surface area contributed by atoms with Gasteiger partial charge in [-0.3, -0.25) is 9.59 Å². The molecule has 1 aliphatic rings. The molecule has 4 rings (SSSR count). The minimum absolute atomic E-state index is 0.0324. The molecule has 0 aliphatic carbocycles. The van der Waals surface area contributed by atoms with Crippen LogP contribution in [-0.2, 0) is 20.9 Å². The van der Waals surface area contributed by atoms with Crippen LogP contribution in [0.1, 0.15) is 18.4 Å². The van der Waals surface area contributed by atoms with Crippen molar-refractivity contribution in [2.75, 3.05) is 5.32 Å². The third-order valence-electron chi connectivity index (χ3n) is 4.72. The average Bonchev–Trinajstić information content (AvgIpc) is 3.40. The van der Waals surface area contributed by atoms with E-state index in [0.717, 1.165) is 21.7 Å². The second-order valence-corrected chi connectivity index (χ2v) is 7.61. The van der Waals surface area contributed by atoms with Gasteiger partial charge in [0.25, 0.3) is 0 Å². The number of nitrogens with one attached hydrogen (secondary N) is 1. The van der Waals surface area contributed by atoms with Crippen LogP contribution in [0.5, 0.6) is 0 Å². The first-order valence-electron chi connectivity index (χ1n) is 9.46. The summed E-state index contributed by atoms with van der Waals surface area (Å²) in [6.45, 7) is 0.0324. The van der Waals surface area contributed by atoms with Crippen LogP contribution in [0.15, 0.2) is 66.0 Å². The van der Waals surface area contributed by atoms with Crippen LogP contribution in [0.25, 0.3) is 11.3 Å². The molecule has 30 heavy (non-hydrogen) atoms. The quantitative estimate of drug-likeness (QED) is 0.671. The van der Waals surface area contributed by atoms with E-state index in [1.165, 1.54) is 11.3 Å². The number of benzene rings is 2. The fourth-order valence-corrected chi connectivity index (χ4v) is 3.93. The molecule has 1 atom stereocenters. The van der Waals surface area contributed by atoms with E-state index in [1.807, 2.05) is 66.0 Å². The lowest BCUT2D eigenvalue weighted by Gasteiger charge is -2.21. The predicted octanol–water partition coefficient (Wildman–Crippen LogP) is 4.08. The summed E-state index contributed by atoms with van der Waals surface area (Å²) >= 11 is 1.29. The molecule has 1 aromatic heterocycles. The maximum absolute atomic E-state index is 12.7. The molecule has 2 heterocycles. The second-order valence-electron chi connectivity index (χ2n) is 6.75. The van der Waals surface area contributed by atoms with Gasteiger partial charge in [-0.1, -0.05) is 60.7 Å². The number of rotatable bonds is 5. The number of imide groups is 1. The van der Waals surface area contributed by atoms with Crippen molar-refractivity contribution in [2.24, 2.45) is 0 Å². The number of carbonyl (C=O) groups is 3. The number of amides is 3. The van der Waals surface area contributed by atoms with Crippen LogP contribution in [0, 0.1) is 0 Å². The van der Waals surface area contributed by atoms with Crippen LogP contribution in [0.2, 0.25) is 0 Å². The van der Waals surface area contributed by atoms with Crippen LogP contribution in [0.4, 0.5) is 9.93 Å². The van der Waals surface area contributed by atoms with Crippen molar-refractivity contribution < 1.29 is 19.1 Å². The van der Waals surface area contributed by atoms with Crippen molar-refractivity contribution in [3.8, 4) is 11.3 Å². The van der Waals surface area contributed by atoms with Crippen molar-refractivity contribution >= 4 is 34.4 Å². The molecular weight excluding hydrogens is 402 g/mol. The lowest BCUT2D eigenvalue weighted by atomic mass is 10.2. The molecule has 0 bridgehead atoms. The Morgan fingerprint density at radius 1 is 1.10 bits per heavy atom. The molecule has 2 aromatic carbocycles. The topological polar surface area (TPSA) is 88.6 Å². The fraction of sp³-hybridized carbons (Fsp3) is 0.182. The molecule has 7 nitrogen and oxygen atoms in total. The van der Waals surface area contributed by atoms with Gasteiger partial charge < -0.3 is 10.1 Å². The third-order valence-corrected chi connectivity index (χ3v) is 5.48. The van der Waals surface area contributed by atoms with E-state index in [0.29, 0.717) is 5.13 Å². The predicted molar refractivity (Wildman–Crippen MR) is 113 cm³/mol. The number of thiazole rings is 1. The van der Waals surface area contributed by atoms with Gasteiger partial charge in [-0.25, -0.2) is 14.7 Å². The zero-order chi connectivity index (χ0) is 20.9. The maximum Gasteiger partial charge on any atom is 0.417 e. The summed E-state index contributed by atoms with van der Waals surface area (Å²) in [4.78, 5) is 42.8. The molecular formula is C22H19N3O4S. The molecule has 3 aromatic rings. The van der Waals surface area contributed by atoms with Gasteiger partial charge in [-0.15, -0.1) is 11.3 Å². The van der Waals surface area contributed by atoms with Crippen molar-refractivity contribution in [3.05, 3.63) is 71.6 Å². The van der Waals surface area contributed by atoms with E-state index in [2.05, 4.69) is 10.3 Å². The van der Waals surface area contributed by atoms with Crippen molar-refractivity contribution in [3.63, 3.8) is 0 Å². The van der Waals surface area contributed by atoms with Gasteiger partial charge >= 0.3 is 6.09 Å². The van der Waals surface area contributed by atoms with E-state index in [-0.39, 0.29) is 19.4 Å². The molecule has 1 N–H and O–H groups in total. The number of carbonyl (C=O) groups excluding carboxylic acids is 3. The van der Waals surface area contributed by atoms with E-state index in [1.54, 1.807) is 0 Å². The number of aromatic nitrogens is 1. The highest BCUT2D eigenvalue weighted by Crippen LogP contribution is 2.26. The smallest absolute Gasteiger partial charge is 0.417 e. The number of hydrogen-bond donors (Lipinski definition) is 1. The zero-order valence-electron chi connectivity index (χ0n) is 16.0. The summed E-state index contributed by atoms with van der Waals surface area (Å²) in [6.07, 6.45) is -0.446. The highest BCUT2D eigenvalue weighted by atomic mass is 32.1. The molecule has 152 valence electrons. The molecule has 0 spiro atoms. The number of anilines is 1. The van der Waals surface area contributed by atoms with E-state index in [4.69, 9.17) is 4.74 Å². The molecule has 8 heteroatoms. The van der Waals surface area contributed by atoms with Crippen LogP contribution in [0.3, 0.4) is 0 Å². The lowest BCUT2D eigenvalue weighted by Crippen LogP contribution is -2.45. The first-order chi connectivity index (χ1) is 14.6. The maximum atomic E-state index is 12.7. The molecule has 1 saturated heterocycles. The summed E-state index contributed by atoms with van der Waals surface area (Å²) in [5.41, 5.74) is 2.49. The number of nitrogens with zero attached hydrogens (tertiary/aromatic N) is 2. The number of hydrogen-bond acceptors (Lipinski definition) is 6.